The van der Waals surface area contributed by atoms with Crippen molar-refractivity contribution >= 4 is 37.9 Å². The Labute approximate surface area is 179 Å². The zero-order valence-electron chi connectivity index (χ0n) is 16.6. The van der Waals surface area contributed by atoms with Gasteiger partial charge in [0.1, 0.15) is 16.2 Å². The summed E-state index contributed by atoms with van der Waals surface area (Å²) in [6.45, 7) is 0.490. The maximum Gasteiger partial charge on any atom is 0.212 e. The van der Waals surface area contributed by atoms with Crippen LogP contribution >= 0.6 is 0 Å². The van der Waals surface area contributed by atoms with E-state index in [1.807, 2.05) is 54.6 Å². The largest absolute Gasteiger partial charge is 0.384 e. The third-order valence-electron chi connectivity index (χ3n) is 5.34. The van der Waals surface area contributed by atoms with Crippen LogP contribution in [0.3, 0.4) is 0 Å². The van der Waals surface area contributed by atoms with Gasteiger partial charge < -0.3 is 10.3 Å². The van der Waals surface area contributed by atoms with Crippen LogP contribution in [0.15, 0.2) is 94.7 Å². The van der Waals surface area contributed by atoms with Gasteiger partial charge in [-0.2, -0.15) is 0 Å². The summed E-state index contributed by atoms with van der Waals surface area (Å²) in [5.74, 6) is 0.157. The molecule has 5 rings (SSSR count). The Morgan fingerprint density at radius 3 is 2.03 bits per heavy atom. The van der Waals surface area contributed by atoms with Crippen LogP contribution < -0.4 is 5.73 Å². The van der Waals surface area contributed by atoms with Crippen molar-refractivity contribution in [3.8, 4) is 0 Å². The fraction of sp³-hybridized carbons (Fsp3) is 0.0833. The standard InChI is InChI=1S/C24H20N4O2S/c25-23-22(31(29,30)18-11-5-2-6-12-18)21-24(27-20-14-8-7-13-19(20)26-21)28(23)16-15-17-9-3-1-4-10-17/h1-14H,15-16,25H2. The quantitative estimate of drug-likeness (QED) is 0.452. The first-order valence-electron chi connectivity index (χ1n) is 9.94. The van der Waals surface area contributed by atoms with Gasteiger partial charge in [0.15, 0.2) is 5.65 Å². The molecule has 5 aromatic rings. The van der Waals surface area contributed by atoms with Crippen LogP contribution in [0.5, 0.6) is 0 Å². The third kappa shape index (κ3) is 3.33. The van der Waals surface area contributed by atoms with Crippen molar-refractivity contribution in [3.63, 3.8) is 0 Å². The normalized spacial score (nSPS) is 11.9. The van der Waals surface area contributed by atoms with Crippen LogP contribution in [0.25, 0.3) is 22.2 Å². The van der Waals surface area contributed by atoms with Crippen LogP contribution in [0.4, 0.5) is 5.82 Å². The van der Waals surface area contributed by atoms with Crippen molar-refractivity contribution in [1.82, 2.24) is 14.5 Å². The van der Waals surface area contributed by atoms with Crippen LogP contribution in [-0.4, -0.2) is 23.0 Å². The van der Waals surface area contributed by atoms with Gasteiger partial charge in [0.25, 0.3) is 0 Å². The molecular weight excluding hydrogens is 408 g/mol. The maximum atomic E-state index is 13.5. The summed E-state index contributed by atoms with van der Waals surface area (Å²) in [6.07, 6.45) is 0.689. The summed E-state index contributed by atoms with van der Waals surface area (Å²) >= 11 is 0. The Hall–Kier alpha value is -3.71. The van der Waals surface area contributed by atoms with Crippen molar-refractivity contribution in [1.29, 1.82) is 0 Å². The average Bonchev–Trinajstić information content (AvgIpc) is 3.08. The van der Waals surface area contributed by atoms with Gasteiger partial charge in [-0.15, -0.1) is 0 Å². The molecule has 2 N–H and O–H groups in total. The Kier molecular flexibility index (Phi) is 4.67. The second-order valence-electron chi connectivity index (χ2n) is 7.30. The Morgan fingerprint density at radius 1 is 0.774 bits per heavy atom. The number of hydrogen-bond acceptors (Lipinski definition) is 5. The number of aryl methyl sites for hydroxylation is 2. The number of sulfone groups is 1. The molecule has 2 aromatic heterocycles. The van der Waals surface area contributed by atoms with Gasteiger partial charge in [-0.3, -0.25) is 0 Å². The first-order valence-corrected chi connectivity index (χ1v) is 11.4. The van der Waals surface area contributed by atoms with Gasteiger partial charge in [0.05, 0.1) is 15.9 Å². The second kappa shape index (κ2) is 7.52. The van der Waals surface area contributed by atoms with Gasteiger partial charge in [0, 0.05) is 6.54 Å². The number of nitrogens with zero attached hydrogens (tertiary/aromatic N) is 3. The lowest BCUT2D eigenvalue weighted by Crippen LogP contribution is -2.09. The van der Waals surface area contributed by atoms with E-state index in [2.05, 4.69) is 4.98 Å². The van der Waals surface area contributed by atoms with E-state index in [1.165, 1.54) is 0 Å². The number of hydrogen-bond donors (Lipinski definition) is 1. The third-order valence-corrected chi connectivity index (χ3v) is 7.17. The summed E-state index contributed by atoms with van der Waals surface area (Å²) < 4.78 is 28.8. The molecule has 0 bridgehead atoms. The first kappa shape index (κ1) is 19.3. The molecule has 2 heterocycles. The van der Waals surface area contributed by atoms with E-state index in [0.29, 0.717) is 35.2 Å². The van der Waals surface area contributed by atoms with Gasteiger partial charge in [-0.1, -0.05) is 60.7 Å². The number of para-hydroxylation sites is 2. The highest BCUT2D eigenvalue weighted by atomic mass is 32.2. The Balaban J connectivity index is 1.75. The van der Waals surface area contributed by atoms with Crippen molar-refractivity contribution < 1.29 is 8.42 Å². The molecule has 0 unspecified atom stereocenters. The van der Waals surface area contributed by atoms with E-state index >= 15 is 0 Å². The van der Waals surface area contributed by atoms with Crippen molar-refractivity contribution in [2.24, 2.45) is 0 Å². The van der Waals surface area contributed by atoms with Gasteiger partial charge >= 0.3 is 0 Å². The zero-order valence-corrected chi connectivity index (χ0v) is 17.5. The summed E-state index contributed by atoms with van der Waals surface area (Å²) in [5.41, 5.74) is 9.69. The Morgan fingerprint density at radius 2 is 1.35 bits per heavy atom. The zero-order chi connectivity index (χ0) is 21.4. The number of nitrogens with two attached hydrogens (primary N) is 1. The number of nitrogen functional groups attached to an aromatic ring is 1. The van der Waals surface area contributed by atoms with E-state index in [-0.39, 0.29) is 15.6 Å². The molecule has 6 nitrogen and oxygen atoms in total. The molecule has 0 spiro atoms. The fourth-order valence-electron chi connectivity index (χ4n) is 3.78. The molecule has 0 aliphatic rings. The molecule has 0 amide bonds. The average molecular weight is 429 g/mol. The van der Waals surface area contributed by atoms with E-state index in [1.54, 1.807) is 34.9 Å². The van der Waals surface area contributed by atoms with Crippen molar-refractivity contribution in [3.05, 3.63) is 90.5 Å². The number of anilines is 1. The predicted molar refractivity (Wildman–Crippen MR) is 121 cm³/mol. The summed E-state index contributed by atoms with van der Waals surface area (Å²) in [6, 6.07) is 25.7. The summed E-state index contributed by atoms with van der Waals surface area (Å²) in [4.78, 5) is 9.59. The molecule has 0 aliphatic carbocycles. The van der Waals surface area contributed by atoms with E-state index in [4.69, 9.17) is 10.7 Å². The lowest BCUT2D eigenvalue weighted by Gasteiger charge is -2.08. The highest BCUT2D eigenvalue weighted by molar-refractivity contribution is 7.92. The molecule has 0 fully saturated rings. The SMILES string of the molecule is Nc1c(S(=O)(=O)c2ccccc2)c2nc3ccccc3nc2n1CCc1ccccc1. The molecule has 0 atom stereocenters. The number of aromatic nitrogens is 3. The first-order chi connectivity index (χ1) is 15.1. The molecule has 31 heavy (non-hydrogen) atoms. The molecule has 154 valence electrons. The minimum atomic E-state index is -3.88. The monoisotopic (exact) mass is 428 g/mol. The van der Waals surface area contributed by atoms with E-state index < -0.39 is 9.84 Å². The number of rotatable bonds is 5. The molecule has 7 heteroatoms. The molecular formula is C24H20N4O2S. The van der Waals surface area contributed by atoms with E-state index in [9.17, 15) is 8.42 Å². The molecule has 0 saturated heterocycles. The second-order valence-corrected chi connectivity index (χ2v) is 9.19. The lowest BCUT2D eigenvalue weighted by molar-refractivity contribution is 0.596. The molecule has 3 aromatic carbocycles. The van der Waals surface area contributed by atoms with Crippen molar-refractivity contribution in [2.75, 3.05) is 5.73 Å². The predicted octanol–water partition coefficient (Wildman–Crippen LogP) is 4.24. The highest BCUT2D eigenvalue weighted by Crippen LogP contribution is 2.35. The topological polar surface area (TPSA) is 90.9 Å². The van der Waals surface area contributed by atoms with Crippen LogP contribution in [-0.2, 0) is 22.8 Å². The fourth-order valence-corrected chi connectivity index (χ4v) is 5.31. The van der Waals surface area contributed by atoms with Crippen molar-refractivity contribution in [2.45, 2.75) is 22.8 Å². The lowest BCUT2D eigenvalue weighted by atomic mass is 10.1. The van der Waals surface area contributed by atoms with Gasteiger partial charge in [-0.05, 0) is 36.2 Å². The molecule has 0 saturated carbocycles. The maximum absolute atomic E-state index is 13.5. The number of benzene rings is 3. The summed E-state index contributed by atoms with van der Waals surface area (Å²) in [7, 11) is -3.88. The minimum absolute atomic E-state index is 0.0139. The number of fused-ring (bicyclic) bond motifs is 2. The van der Waals surface area contributed by atoms with Gasteiger partial charge in [0.2, 0.25) is 9.84 Å². The smallest absolute Gasteiger partial charge is 0.212 e. The van der Waals surface area contributed by atoms with E-state index in [0.717, 1.165) is 5.56 Å². The van der Waals surface area contributed by atoms with Gasteiger partial charge in [-0.25, -0.2) is 18.4 Å². The Bertz CT molecular complexity index is 1500. The minimum Gasteiger partial charge on any atom is -0.384 e. The van der Waals surface area contributed by atoms with Crippen LogP contribution in [0.1, 0.15) is 5.56 Å². The van der Waals surface area contributed by atoms with Crippen LogP contribution in [0, 0.1) is 0 Å². The van der Waals surface area contributed by atoms with Crippen LogP contribution in [0.2, 0.25) is 0 Å². The molecule has 0 aliphatic heterocycles. The summed E-state index contributed by atoms with van der Waals surface area (Å²) in [5, 5.41) is 0. The molecule has 0 radical (unpaired) electrons. The highest BCUT2D eigenvalue weighted by Gasteiger charge is 2.29.